The molecule has 0 aliphatic carbocycles. The van der Waals surface area contributed by atoms with Gasteiger partial charge < -0.3 is 20.3 Å². The van der Waals surface area contributed by atoms with Crippen molar-refractivity contribution in [1.82, 2.24) is 9.88 Å². The van der Waals surface area contributed by atoms with Crippen molar-refractivity contribution in [3.05, 3.63) is 64.0 Å². The minimum Gasteiger partial charge on any atom is -0.389 e. The maximum Gasteiger partial charge on any atom is 0.319 e. The van der Waals surface area contributed by atoms with Gasteiger partial charge in [-0.2, -0.15) is 0 Å². The first-order valence-electron chi connectivity index (χ1n) is 6.68. The minimum absolute atomic E-state index is 0.0285. The zero-order valence-electron chi connectivity index (χ0n) is 11.7. The summed E-state index contributed by atoms with van der Waals surface area (Å²) in [7, 11) is 0. The summed E-state index contributed by atoms with van der Waals surface area (Å²) < 4.78 is 1.38. The summed E-state index contributed by atoms with van der Waals surface area (Å²) in [6.45, 7) is 0.141. The number of anilines is 1. The molecule has 0 saturated carbocycles. The molecule has 1 unspecified atom stereocenters. The number of urea groups is 1. The Morgan fingerprint density at radius 3 is 2.64 bits per heavy atom. The first-order valence-corrected chi connectivity index (χ1v) is 7.06. The summed E-state index contributed by atoms with van der Waals surface area (Å²) in [6.07, 6.45) is 0.718. The molecule has 0 fully saturated rings. The Kier molecular flexibility index (Phi) is 5.57. The van der Waals surface area contributed by atoms with E-state index in [0.29, 0.717) is 10.7 Å². The molecule has 1 heterocycles. The van der Waals surface area contributed by atoms with Gasteiger partial charge in [0.15, 0.2) is 0 Å². The number of benzene rings is 1. The van der Waals surface area contributed by atoms with Crippen LogP contribution in [0.15, 0.2) is 53.5 Å². The van der Waals surface area contributed by atoms with Crippen molar-refractivity contribution in [3.8, 4) is 0 Å². The highest BCUT2D eigenvalue weighted by Gasteiger charge is 2.08. The molecule has 0 spiro atoms. The summed E-state index contributed by atoms with van der Waals surface area (Å²) in [6, 6.07) is 11.0. The lowest BCUT2D eigenvalue weighted by atomic mass is 10.3. The summed E-state index contributed by atoms with van der Waals surface area (Å²) in [5, 5.41) is 15.6. The van der Waals surface area contributed by atoms with Gasteiger partial charge in [-0.3, -0.25) is 4.79 Å². The SMILES string of the molecule is O=C(NCC(O)Cn1ccccc1=O)Nc1ccc(Cl)cc1. The van der Waals surface area contributed by atoms with E-state index in [4.69, 9.17) is 11.6 Å². The van der Waals surface area contributed by atoms with Crippen LogP contribution in [0.4, 0.5) is 10.5 Å². The second-order valence-electron chi connectivity index (χ2n) is 4.69. The Morgan fingerprint density at radius 2 is 1.95 bits per heavy atom. The number of aromatic nitrogens is 1. The second kappa shape index (κ2) is 7.63. The third-order valence-electron chi connectivity index (χ3n) is 2.91. The van der Waals surface area contributed by atoms with Gasteiger partial charge in [0.2, 0.25) is 0 Å². The van der Waals surface area contributed by atoms with Crippen molar-refractivity contribution in [1.29, 1.82) is 0 Å². The van der Waals surface area contributed by atoms with Crippen LogP contribution in [0.3, 0.4) is 0 Å². The minimum atomic E-state index is -0.865. The smallest absolute Gasteiger partial charge is 0.319 e. The van der Waals surface area contributed by atoms with Crippen LogP contribution in [0.5, 0.6) is 0 Å². The van der Waals surface area contributed by atoms with E-state index < -0.39 is 12.1 Å². The first-order chi connectivity index (χ1) is 10.5. The zero-order valence-corrected chi connectivity index (χ0v) is 12.5. The number of pyridine rings is 1. The van der Waals surface area contributed by atoms with Crippen LogP contribution < -0.4 is 16.2 Å². The number of hydrogen-bond acceptors (Lipinski definition) is 3. The number of carbonyl (C=O) groups excluding carboxylic acids is 1. The lowest BCUT2D eigenvalue weighted by Gasteiger charge is -2.14. The van der Waals surface area contributed by atoms with Crippen LogP contribution in [-0.4, -0.2) is 28.4 Å². The third-order valence-corrected chi connectivity index (χ3v) is 3.16. The molecule has 2 amide bonds. The molecule has 2 aromatic rings. The molecule has 6 nitrogen and oxygen atoms in total. The van der Waals surface area contributed by atoms with Gasteiger partial charge in [0, 0.05) is 29.5 Å². The molecule has 1 aromatic carbocycles. The number of nitrogens with one attached hydrogen (secondary N) is 2. The zero-order chi connectivity index (χ0) is 15.9. The van der Waals surface area contributed by atoms with E-state index in [1.54, 1.807) is 42.6 Å². The second-order valence-corrected chi connectivity index (χ2v) is 5.12. The Bertz CT molecular complexity index is 685. The summed E-state index contributed by atoms with van der Waals surface area (Å²) in [5.41, 5.74) is 0.392. The van der Waals surface area contributed by atoms with Crippen molar-refractivity contribution in [3.63, 3.8) is 0 Å². The Hall–Kier alpha value is -2.31. The van der Waals surface area contributed by atoms with Gasteiger partial charge in [-0.1, -0.05) is 17.7 Å². The maximum atomic E-state index is 11.7. The number of hydrogen-bond donors (Lipinski definition) is 3. The molecule has 3 N–H and O–H groups in total. The molecule has 0 radical (unpaired) electrons. The standard InChI is InChI=1S/C15H16ClN3O3/c16-11-4-6-12(7-5-11)18-15(22)17-9-13(20)10-19-8-2-1-3-14(19)21/h1-8,13,20H,9-10H2,(H2,17,18,22). The Labute approximate surface area is 132 Å². The van der Waals surface area contributed by atoms with E-state index >= 15 is 0 Å². The Morgan fingerprint density at radius 1 is 1.23 bits per heavy atom. The predicted molar refractivity (Wildman–Crippen MR) is 85.2 cm³/mol. The summed E-state index contributed by atoms with van der Waals surface area (Å²) in [5.74, 6) is 0. The molecule has 0 saturated heterocycles. The van der Waals surface area contributed by atoms with E-state index in [2.05, 4.69) is 10.6 Å². The summed E-state index contributed by atoms with van der Waals surface area (Å²) in [4.78, 5) is 23.2. The fraction of sp³-hybridized carbons (Fsp3) is 0.200. The molecular formula is C15H16ClN3O3. The lowest BCUT2D eigenvalue weighted by molar-refractivity contribution is 0.151. The van der Waals surface area contributed by atoms with Gasteiger partial charge in [0.05, 0.1) is 12.6 Å². The number of aliphatic hydroxyl groups is 1. The molecular weight excluding hydrogens is 306 g/mol. The average molecular weight is 322 g/mol. The molecule has 0 aliphatic rings. The Balaban J connectivity index is 1.79. The quantitative estimate of drug-likeness (QED) is 0.783. The molecule has 116 valence electrons. The van der Waals surface area contributed by atoms with Gasteiger partial charge in [-0.05, 0) is 30.3 Å². The first kappa shape index (κ1) is 16.1. The molecule has 1 atom stereocenters. The number of amides is 2. The topological polar surface area (TPSA) is 83.4 Å². The van der Waals surface area contributed by atoms with Gasteiger partial charge in [-0.25, -0.2) is 4.79 Å². The number of nitrogens with zero attached hydrogens (tertiary/aromatic N) is 1. The van der Waals surface area contributed by atoms with Crippen LogP contribution in [0, 0.1) is 0 Å². The highest BCUT2D eigenvalue weighted by atomic mass is 35.5. The van der Waals surface area contributed by atoms with Crippen LogP contribution in [0.2, 0.25) is 5.02 Å². The predicted octanol–water partition coefficient (Wildman–Crippen LogP) is 1.68. The van der Waals surface area contributed by atoms with E-state index in [9.17, 15) is 14.7 Å². The molecule has 7 heteroatoms. The van der Waals surface area contributed by atoms with Crippen LogP contribution in [0.25, 0.3) is 0 Å². The molecule has 0 aliphatic heterocycles. The van der Waals surface area contributed by atoms with Crippen molar-refractivity contribution in [2.75, 3.05) is 11.9 Å². The van der Waals surface area contributed by atoms with Gasteiger partial charge in [0.1, 0.15) is 0 Å². The number of halogens is 1. The lowest BCUT2D eigenvalue weighted by Crippen LogP contribution is -2.38. The van der Waals surface area contributed by atoms with E-state index in [0.717, 1.165) is 0 Å². The molecule has 1 aromatic heterocycles. The van der Waals surface area contributed by atoms with Crippen molar-refractivity contribution in [2.24, 2.45) is 0 Å². The van der Waals surface area contributed by atoms with Gasteiger partial charge in [0.25, 0.3) is 5.56 Å². The van der Waals surface area contributed by atoms with E-state index in [1.807, 2.05) is 0 Å². The highest BCUT2D eigenvalue weighted by molar-refractivity contribution is 6.30. The number of aliphatic hydroxyl groups excluding tert-OH is 1. The summed E-state index contributed by atoms with van der Waals surface area (Å²) >= 11 is 5.75. The highest BCUT2D eigenvalue weighted by Crippen LogP contribution is 2.12. The molecule has 2 rings (SSSR count). The normalized spacial score (nSPS) is 11.7. The van der Waals surface area contributed by atoms with Crippen molar-refractivity contribution < 1.29 is 9.90 Å². The van der Waals surface area contributed by atoms with Crippen molar-refractivity contribution in [2.45, 2.75) is 12.6 Å². The number of carbonyl (C=O) groups is 1. The third kappa shape index (κ3) is 4.91. The maximum absolute atomic E-state index is 11.7. The fourth-order valence-corrected chi connectivity index (χ4v) is 1.95. The fourth-order valence-electron chi connectivity index (χ4n) is 1.82. The number of rotatable bonds is 5. The van der Waals surface area contributed by atoms with Crippen LogP contribution in [0.1, 0.15) is 0 Å². The van der Waals surface area contributed by atoms with E-state index in [-0.39, 0.29) is 18.6 Å². The molecule has 22 heavy (non-hydrogen) atoms. The van der Waals surface area contributed by atoms with Crippen LogP contribution >= 0.6 is 11.6 Å². The van der Waals surface area contributed by atoms with Gasteiger partial charge in [-0.15, -0.1) is 0 Å². The average Bonchev–Trinajstić information content (AvgIpc) is 2.50. The van der Waals surface area contributed by atoms with E-state index in [1.165, 1.54) is 10.6 Å². The van der Waals surface area contributed by atoms with Crippen LogP contribution in [-0.2, 0) is 6.54 Å². The van der Waals surface area contributed by atoms with Crippen molar-refractivity contribution >= 4 is 23.3 Å². The van der Waals surface area contributed by atoms with Gasteiger partial charge >= 0.3 is 6.03 Å². The molecule has 0 bridgehead atoms. The largest absolute Gasteiger partial charge is 0.389 e. The monoisotopic (exact) mass is 321 g/mol.